The van der Waals surface area contributed by atoms with Crippen LogP contribution in [0.4, 0.5) is 4.39 Å². The minimum atomic E-state index is -0.269. The molecule has 158 valence electrons. The van der Waals surface area contributed by atoms with Crippen LogP contribution >= 0.6 is 0 Å². The van der Waals surface area contributed by atoms with Gasteiger partial charge in [-0.15, -0.1) is 0 Å². The Morgan fingerprint density at radius 3 is 2.70 bits per heavy atom. The number of oxazole rings is 1. The lowest BCUT2D eigenvalue weighted by Crippen LogP contribution is -2.32. The van der Waals surface area contributed by atoms with Crippen LogP contribution in [-0.4, -0.2) is 33.4 Å². The number of halogens is 1. The first-order valence-corrected chi connectivity index (χ1v) is 10.2. The molecule has 0 bridgehead atoms. The molecule has 3 aromatic rings. The molecule has 0 spiro atoms. The Balaban J connectivity index is 1.57. The predicted octanol–water partition coefficient (Wildman–Crippen LogP) is 3.98. The normalized spacial score (nSPS) is 12.1. The Labute approximate surface area is 176 Å². The van der Waals surface area contributed by atoms with Gasteiger partial charge in [-0.3, -0.25) is 14.7 Å². The first-order chi connectivity index (χ1) is 14.5. The number of carbonyl (C=O) groups is 1. The molecule has 1 unspecified atom stereocenters. The number of amides is 1. The van der Waals surface area contributed by atoms with Gasteiger partial charge in [0.15, 0.2) is 5.69 Å². The van der Waals surface area contributed by atoms with E-state index in [1.54, 1.807) is 18.3 Å². The minimum Gasteiger partial charge on any atom is -0.447 e. The van der Waals surface area contributed by atoms with E-state index in [2.05, 4.69) is 34.0 Å². The lowest BCUT2D eigenvalue weighted by Gasteiger charge is -2.27. The van der Waals surface area contributed by atoms with E-state index >= 15 is 0 Å². The summed E-state index contributed by atoms with van der Waals surface area (Å²) in [5, 5.41) is 2.84. The molecule has 3 rings (SSSR count). The molecule has 2 aromatic heterocycles. The average Bonchev–Trinajstić information content (AvgIpc) is 3.23. The second kappa shape index (κ2) is 10.6. The summed E-state index contributed by atoms with van der Waals surface area (Å²) in [6.45, 7) is 5.81. The highest BCUT2D eigenvalue weighted by molar-refractivity contribution is 5.91. The quantitative estimate of drug-likeness (QED) is 0.547. The van der Waals surface area contributed by atoms with Crippen molar-refractivity contribution in [2.45, 2.75) is 45.8 Å². The van der Waals surface area contributed by atoms with Gasteiger partial charge in [0, 0.05) is 37.4 Å². The zero-order valence-electron chi connectivity index (χ0n) is 17.3. The van der Waals surface area contributed by atoms with E-state index in [0.717, 1.165) is 17.7 Å². The van der Waals surface area contributed by atoms with Crippen LogP contribution in [0.3, 0.4) is 0 Å². The fourth-order valence-corrected chi connectivity index (χ4v) is 3.05. The topological polar surface area (TPSA) is 71.3 Å². The van der Waals surface area contributed by atoms with Crippen molar-refractivity contribution in [1.82, 2.24) is 20.2 Å². The van der Waals surface area contributed by atoms with Gasteiger partial charge in [-0.05, 0) is 43.2 Å². The zero-order valence-corrected chi connectivity index (χ0v) is 17.3. The Bertz CT molecular complexity index is 928. The van der Waals surface area contributed by atoms with Crippen molar-refractivity contribution < 1.29 is 13.6 Å². The Morgan fingerprint density at radius 2 is 2.00 bits per heavy atom. The lowest BCUT2D eigenvalue weighted by atomic mass is 10.1. The smallest absolute Gasteiger partial charge is 0.273 e. The standard InChI is InChI=1S/C23H27FN4O2/c1-3-17(2)28(14-18-7-9-19(24)10-8-18)15-22-27-21(16-30-22)23(29)26-13-11-20-6-4-5-12-25-20/h4-10,12,16-17H,3,11,13-15H2,1-2H3,(H,26,29). The second-order valence-corrected chi connectivity index (χ2v) is 7.24. The lowest BCUT2D eigenvalue weighted by molar-refractivity contribution is 0.0949. The number of hydrogen-bond donors (Lipinski definition) is 1. The summed E-state index contributed by atoms with van der Waals surface area (Å²) in [7, 11) is 0. The third kappa shape index (κ3) is 6.22. The average molecular weight is 410 g/mol. The van der Waals surface area contributed by atoms with Crippen molar-refractivity contribution in [2.24, 2.45) is 0 Å². The monoisotopic (exact) mass is 410 g/mol. The molecule has 1 N–H and O–H groups in total. The third-order valence-corrected chi connectivity index (χ3v) is 5.03. The molecule has 1 aromatic carbocycles. The van der Waals surface area contributed by atoms with Crippen molar-refractivity contribution in [3.63, 3.8) is 0 Å². The van der Waals surface area contributed by atoms with Crippen LogP contribution in [0.1, 0.15) is 47.9 Å². The van der Waals surface area contributed by atoms with E-state index in [0.29, 0.717) is 31.9 Å². The van der Waals surface area contributed by atoms with Crippen LogP contribution in [0, 0.1) is 5.82 Å². The van der Waals surface area contributed by atoms with Gasteiger partial charge in [-0.2, -0.15) is 0 Å². The van der Waals surface area contributed by atoms with Crippen molar-refractivity contribution in [3.05, 3.63) is 83.6 Å². The molecule has 0 aliphatic heterocycles. The van der Waals surface area contributed by atoms with Crippen LogP contribution in [-0.2, 0) is 19.5 Å². The summed E-state index contributed by atoms with van der Waals surface area (Å²) < 4.78 is 18.7. The van der Waals surface area contributed by atoms with Crippen molar-refractivity contribution in [1.29, 1.82) is 0 Å². The molecule has 30 heavy (non-hydrogen) atoms. The summed E-state index contributed by atoms with van der Waals surface area (Å²) in [5.41, 5.74) is 2.19. The summed E-state index contributed by atoms with van der Waals surface area (Å²) in [5.74, 6) is -0.0397. The molecule has 2 heterocycles. The summed E-state index contributed by atoms with van der Waals surface area (Å²) >= 11 is 0. The van der Waals surface area contributed by atoms with E-state index < -0.39 is 0 Å². The van der Waals surface area contributed by atoms with E-state index in [9.17, 15) is 9.18 Å². The fraction of sp³-hybridized carbons (Fsp3) is 0.348. The summed E-state index contributed by atoms with van der Waals surface area (Å²) in [4.78, 5) is 23.1. The predicted molar refractivity (Wildman–Crippen MR) is 112 cm³/mol. The molecule has 6 nitrogen and oxygen atoms in total. The third-order valence-electron chi connectivity index (χ3n) is 5.03. The molecule has 7 heteroatoms. The number of nitrogens with zero attached hydrogens (tertiary/aromatic N) is 3. The van der Waals surface area contributed by atoms with Gasteiger partial charge in [0.25, 0.3) is 5.91 Å². The number of aromatic nitrogens is 2. The molecule has 0 aliphatic carbocycles. The van der Waals surface area contributed by atoms with Gasteiger partial charge in [0.1, 0.15) is 12.1 Å². The highest BCUT2D eigenvalue weighted by Crippen LogP contribution is 2.15. The van der Waals surface area contributed by atoms with Gasteiger partial charge in [-0.25, -0.2) is 9.37 Å². The Morgan fingerprint density at radius 1 is 1.20 bits per heavy atom. The molecule has 0 aliphatic rings. The van der Waals surface area contributed by atoms with Crippen molar-refractivity contribution in [3.8, 4) is 0 Å². The van der Waals surface area contributed by atoms with Gasteiger partial charge in [0.2, 0.25) is 5.89 Å². The van der Waals surface area contributed by atoms with Crippen molar-refractivity contribution >= 4 is 5.91 Å². The van der Waals surface area contributed by atoms with Crippen LogP contribution in [0.25, 0.3) is 0 Å². The number of hydrogen-bond acceptors (Lipinski definition) is 5. The van der Waals surface area contributed by atoms with E-state index in [1.165, 1.54) is 18.4 Å². The van der Waals surface area contributed by atoms with E-state index in [-0.39, 0.29) is 23.5 Å². The molecule has 0 radical (unpaired) electrons. The highest BCUT2D eigenvalue weighted by atomic mass is 19.1. The van der Waals surface area contributed by atoms with E-state index in [1.807, 2.05) is 18.2 Å². The molecular formula is C23H27FN4O2. The number of nitrogens with one attached hydrogen (secondary N) is 1. The maximum absolute atomic E-state index is 13.2. The largest absolute Gasteiger partial charge is 0.447 e. The number of rotatable bonds is 10. The molecule has 1 amide bonds. The molecule has 1 atom stereocenters. The minimum absolute atomic E-state index is 0.250. The Kier molecular flexibility index (Phi) is 7.68. The SMILES string of the molecule is CCC(C)N(Cc1ccc(F)cc1)Cc1nc(C(=O)NCCc2ccccn2)co1. The van der Waals surface area contributed by atoms with Crippen LogP contribution in [0.5, 0.6) is 0 Å². The summed E-state index contributed by atoms with van der Waals surface area (Å²) in [6, 6.07) is 12.5. The first kappa shape index (κ1) is 21.6. The summed E-state index contributed by atoms with van der Waals surface area (Å²) in [6.07, 6.45) is 4.72. The second-order valence-electron chi connectivity index (χ2n) is 7.24. The maximum atomic E-state index is 13.2. The zero-order chi connectivity index (χ0) is 21.3. The Hall–Kier alpha value is -3.06. The van der Waals surface area contributed by atoms with Gasteiger partial charge < -0.3 is 9.73 Å². The highest BCUT2D eigenvalue weighted by Gasteiger charge is 2.18. The molecule has 0 saturated heterocycles. The number of benzene rings is 1. The van der Waals surface area contributed by atoms with Crippen molar-refractivity contribution in [2.75, 3.05) is 6.54 Å². The van der Waals surface area contributed by atoms with E-state index in [4.69, 9.17) is 4.42 Å². The molecule has 0 saturated carbocycles. The first-order valence-electron chi connectivity index (χ1n) is 10.2. The van der Waals surface area contributed by atoms with Crippen LogP contribution in [0.15, 0.2) is 59.3 Å². The van der Waals surface area contributed by atoms with Gasteiger partial charge >= 0.3 is 0 Å². The van der Waals surface area contributed by atoms with Crippen LogP contribution in [0.2, 0.25) is 0 Å². The van der Waals surface area contributed by atoms with Gasteiger partial charge in [-0.1, -0.05) is 25.1 Å². The number of carbonyl (C=O) groups excluding carboxylic acids is 1. The van der Waals surface area contributed by atoms with Crippen LogP contribution < -0.4 is 5.32 Å². The van der Waals surface area contributed by atoms with Gasteiger partial charge in [0.05, 0.1) is 6.54 Å². The fourth-order valence-electron chi connectivity index (χ4n) is 3.05. The maximum Gasteiger partial charge on any atom is 0.273 e. The molecular weight excluding hydrogens is 383 g/mol. The number of pyridine rings is 1. The molecule has 0 fully saturated rings.